The lowest BCUT2D eigenvalue weighted by atomic mass is 9.97. The molecule has 1 aromatic rings. The van der Waals surface area contributed by atoms with Crippen molar-refractivity contribution in [1.82, 2.24) is 5.32 Å². The van der Waals surface area contributed by atoms with Crippen LogP contribution in [0.4, 0.5) is 0 Å². The minimum absolute atomic E-state index is 0.228. The Morgan fingerprint density at radius 2 is 2.54 bits per heavy atom. The van der Waals surface area contributed by atoms with Crippen molar-refractivity contribution in [3.05, 3.63) is 24.2 Å². The van der Waals surface area contributed by atoms with Gasteiger partial charge in [-0.15, -0.1) is 0 Å². The first kappa shape index (κ1) is 8.78. The Morgan fingerprint density at radius 3 is 3.23 bits per heavy atom. The number of rotatable bonds is 3. The van der Waals surface area contributed by atoms with Crippen molar-refractivity contribution < 1.29 is 9.15 Å². The van der Waals surface area contributed by atoms with Crippen LogP contribution in [0.3, 0.4) is 0 Å². The number of ether oxygens (including phenoxy) is 1. The van der Waals surface area contributed by atoms with E-state index in [1.165, 1.54) is 0 Å². The third-order valence-corrected chi connectivity index (χ3v) is 2.55. The van der Waals surface area contributed by atoms with E-state index in [0.29, 0.717) is 5.92 Å². The molecule has 1 N–H and O–H groups in total. The van der Waals surface area contributed by atoms with Gasteiger partial charge in [0.15, 0.2) is 0 Å². The minimum atomic E-state index is 0.228. The zero-order valence-electron chi connectivity index (χ0n) is 7.82. The highest BCUT2D eigenvalue weighted by Crippen LogP contribution is 2.33. The molecule has 72 valence electrons. The molecule has 0 saturated carbocycles. The van der Waals surface area contributed by atoms with Crippen LogP contribution in [-0.4, -0.2) is 20.2 Å². The summed E-state index contributed by atoms with van der Waals surface area (Å²) in [7, 11) is 1.98. The van der Waals surface area contributed by atoms with Crippen LogP contribution in [-0.2, 0) is 4.74 Å². The second kappa shape index (κ2) is 3.94. The van der Waals surface area contributed by atoms with Gasteiger partial charge >= 0.3 is 0 Å². The molecule has 1 fully saturated rings. The van der Waals surface area contributed by atoms with Gasteiger partial charge in [0.05, 0.1) is 18.6 Å². The van der Waals surface area contributed by atoms with E-state index < -0.39 is 0 Å². The molecule has 0 amide bonds. The summed E-state index contributed by atoms with van der Waals surface area (Å²) in [5.74, 6) is 0.586. The first-order chi connectivity index (χ1) is 6.42. The number of nitrogens with one attached hydrogen (secondary N) is 1. The van der Waals surface area contributed by atoms with Crippen molar-refractivity contribution in [1.29, 1.82) is 0 Å². The quantitative estimate of drug-likeness (QED) is 0.768. The third kappa shape index (κ3) is 1.76. The van der Waals surface area contributed by atoms with Crippen LogP contribution in [0, 0.1) is 5.92 Å². The average molecular weight is 181 g/mol. The van der Waals surface area contributed by atoms with Gasteiger partial charge in [0.1, 0.15) is 0 Å². The van der Waals surface area contributed by atoms with Crippen molar-refractivity contribution in [2.75, 3.05) is 20.2 Å². The van der Waals surface area contributed by atoms with E-state index in [1.54, 1.807) is 12.5 Å². The summed E-state index contributed by atoms with van der Waals surface area (Å²) in [6.45, 7) is 1.87. The highest BCUT2D eigenvalue weighted by Gasteiger charge is 2.29. The zero-order chi connectivity index (χ0) is 9.10. The number of hydrogen-bond acceptors (Lipinski definition) is 3. The van der Waals surface area contributed by atoms with Gasteiger partial charge < -0.3 is 14.5 Å². The second-order valence-electron chi connectivity index (χ2n) is 3.45. The molecule has 13 heavy (non-hydrogen) atoms. The molecule has 2 atom stereocenters. The van der Waals surface area contributed by atoms with Gasteiger partial charge in [-0.05, 0) is 19.5 Å². The zero-order valence-corrected chi connectivity index (χ0v) is 7.82. The van der Waals surface area contributed by atoms with Gasteiger partial charge in [-0.2, -0.15) is 0 Å². The summed E-state index contributed by atoms with van der Waals surface area (Å²) < 4.78 is 10.7. The fraction of sp³-hybridized carbons (Fsp3) is 0.600. The van der Waals surface area contributed by atoms with E-state index >= 15 is 0 Å². The Morgan fingerprint density at radius 1 is 1.62 bits per heavy atom. The lowest BCUT2D eigenvalue weighted by Crippen LogP contribution is -2.21. The molecule has 0 aromatic carbocycles. The minimum Gasteiger partial charge on any atom is -0.472 e. The third-order valence-electron chi connectivity index (χ3n) is 2.55. The summed E-state index contributed by atoms with van der Waals surface area (Å²) in [6.07, 6.45) is 4.84. The molecule has 1 aromatic heterocycles. The molecule has 2 rings (SSSR count). The largest absolute Gasteiger partial charge is 0.472 e. The molecular weight excluding hydrogens is 166 g/mol. The smallest absolute Gasteiger partial charge is 0.0960 e. The molecule has 0 radical (unpaired) electrons. The standard InChI is InChI=1S/C10H15NO2/c1-11-6-8-3-5-13-10(8)9-2-4-12-7-9/h2,4,7-8,10-11H,3,5-6H2,1H3. The van der Waals surface area contributed by atoms with Gasteiger partial charge in [0.2, 0.25) is 0 Å². The van der Waals surface area contributed by atoms with E-state index in [2.05, 4.69) is 5.32 Å². The molecule has 1 saturated heterocycles. The molecule has 1 aliphatic heterocycles. The molecule has 2 unspecified atom stereocenters. The predicted octanol–water partition coefficient (Wildman–Crippen LogP) is 1.58. The monoisotopic (exact) mass is 181 g/mol. The van der Waals surface area contributed by atoms with E-state index in [0.717, 1.165) is 25.1 Å². The molecular formula is C10H15NO2. The van der Waals surface area contributed by atoms with Crippen molar-refractivity contribution in [3.8, 4) is 0 Å². The highest BCUT2D eigenvalue weighted by molar-refractivity contribution is 5.12. The fourth-order valence-corrected chi connectivity index (χ4v) is 1.91. The molecule has 0 aliphatic carbocycles. The van der Waals surface area contributed by atoms with Crippen LogP contribution in [0.5, 0.6) is 0 Å². The van der Waals surface area contributed by atoms with Crippen molar-refractivity contribution in [2.45, 2.75) is 12.5 Å². The average Bonchev–Trinajstić information content (AvgIpc) is 2.71. The number of furan rings is 1. The molecule has 3 nitrogen and oxygen atoms in total. The molecule has 1 aliphatic rings. The Labute approximate surface area is 78.1 Å². The molecule has 3 heteroatoms. The normalized spacial score (nSPS) is 28.1. The van der Waals surface area contributed by atoms with Crippen LogP contribution in [0.2, 0.25) is 0 Å². The Hall–Kier alpha value is -0.800. The SMILES string of the molecule is CNCC1CCOC1c1ccoc1. The summed E-state index contributed by atoms with van der Waals surface area (Å²) in [6, 6.07) is 1.98. The summed E-state index contributed by atoms with van der Waals surface area (Å²) >= 11 is 0. The van der Waals surface area contributed by atoms with E-state index in [1.807, 2.05) is 13.1 Å². The second-order valence-corrected chi connectivity index (χ2v) is 3.45. The Bertz CT molecular complexity index is 245. The first-order valence-corrected chi connectivity index (χ1v) is 4.70. The van der Waals surface area contributed by atoms with Gasteiger partial charge in [-0.3, -0.25) is 0 Å². The van der Waals surface area contributed by atoms with E-state index in [9.17, 15) is 0 Å². The van der Waals surface area contributed by atoms with Crippen molar-refractivity contribution in [3.63, 3.8) is 0 Å². The van der Waals surface area contributed by atoms with Crippen LogP contribution >= 0.6 is 0 Å². The topological polar surface area (TPSA) is 34.4 Å². The van der Waals surface area contributed by atoms with E-state index in [-0.39, 0.29) is 6.10 Å². The maximum atomic E-state index is 5.66. The molecule has 0 bridgehead atoms. The Balaban J connectivity index is 2.05. The number of hydrogen-bond donors (Lipinski definition) is 1. The van der Waals surface area contributed by atoms with Crippen LogP contribution in [0.15, 0.2) is 23.0 Å². The van der Waals surface area contributed by atoms with Crippen molar-refractivity contribution >= 4 is 0 Å². The first-order valence-electron chi connectivity index (χ1n) is 4.70. The predicted molar refractivity (Wildman–Crippen MR) is 49.4 cm³/mol. The van der Waals surface area contributed by atoms with Crippen LogP contribution < -0.4 is 5.32 Å². The van der Waals surface area contributed by atoms with Crippen LogP contribution in [0.1, 0.15) is 18.1 Å². The van der Waals surface area contributed by atoms with Crippen LogP contribution in [0.25, 0.3) is 0 Å². The van der Waals surface area contributed by atoms with Gasteiger partial charge in [-0.1, -0.05) is 0 Å². The maximum absolute atomic E-state index is 5.66. The maximum Gasteiger partial charge on any atom is 0.0960 e. The lowest BCUT2D eigenvalue weighted by molar-refractivity contribution is 0.0904. The highest BCUT2D eigenvalue weighted by atomic mass is 16.5. The van der Waals surface area contributed by atoms with Gasteiger partial charge in [0.25, 0.3) is 0 Å². The molecule has 0 spiro atoms. The summed E-state index contributed by atoms with van der Waals surface area (Å²) in [5.41, 5.74) is 1.16. The molecule has 2 heterocycles. The lowest BCUT2D eigenvalue weighted by Gasteiger charge is -2.16. The van der Waals surface area contributed by atoms with Gasteiger partial charge in [0, 0.05) is 24.6 Å². The van der Waals surface area contributed by atoms with Crippen molar-refractivity contribution in [2.24, 2.45) is 5.92 Å². The summed E-state index contributed by atoms with van der Waals surface area (Å²) in [4.78, 5) is 0. The summed E-state index contributed by atoms with van der Waals surface area (Å²) in [5, 5.41) is 3.19. The van der Waals surface area contributed by atoms with Gasteiger partial charge in [-0.25, -0.2) is 0 Å². The fourth-order valence-electron chi connectivity index (χ4n) is 1.91. The van der Waals surface area contributed by atoms with E-state index in [4.69, 9.17) is 9.15 Å². The Kier molecular flexibility index (Phi) is 2.66.